The van der Waals surface area contributed by atoms with Crippen molar-refractivity contribution in [1.82, 2.24) is 15.1 Å². The first-order valence-corrected chi connectivity index (χ1v) is 18.8. The molecule has 3 amide bonds. The van der Waals surface area contributed by atoms with Crippen molar-refractivity contribution in [1.29, 1.82) is 0 Å². The third kappa shape index (κ3) is 5.52. The van der Waals surface area contributed by atoms with E-state index >= 15 is 0 Å². The van der Waals surface area contributed by atoms with Crippen LogP contribution in [0.15, 0.2) is 18.2 Å². The van der Waals surface area contributed by atoms with E-state index < -0.39 is 6.04 Å². The van der Waals surface area contributed by atoms with Crippen molar-refractivity contribution in [3.63, 3.8) is 0 Å². The summed E-state index contributed by atoms with van der Waals surface area (Å²) in [6.45, 7) is 5.81. The second-order valence-corrected chi connectivity index (χ2v) is 13.9. The van der Waals surface area contributed by atoms with Crippen LogP contribution in [0.5, 0.6) is 0 Å². The zero-order chi connectivity index (χ0) is 21.8. The predicted molar refractivity (Wildman–Crippen MR) is 124 cm³/mol. The van der Waals surface area contributed by atoms with Gasteiger partial charge in [0.25, 0.3) is 5.91 Å². The fourth-order valence-electron chi connectivity index (χ4n) is 4.64. The Bertz CT molecular complexity index is 842. The van der Waals surface area contributed by atoms with Gasteiger partial charge in [0.2, 0.25) is 11.8 Å². The summed E-state index contributed by atoms with van der Waals surface area (Å²) in [5.41, 5.74) is 2.82. The summed E-state index contributed by atoms with van der Waals surface area (Å²) in [6.07, 6.45) is 4.73. The van der Waals surface area contributed by atoms with Crippen LogP contribution in [-0.2, 0) is 16.1 Å². The number of nitrogens with zero attached hydrogens (tertiary/aromatic N) is 3. The van der Waals surface area contributed by atoms with E-state index in [2.05, 4.69) is 39.8 Å². The number of piperidine rings is 1. The Morgan fingerprint density at radius 3 is 2.61 bits per heavy atom. The molecular weight excluding hydrogens is 622 g/mol. The van der Waals surface area contributed by atoms with Crippen LogP contribution in [0.2, 0.25) is 0 Å². The molecule has 1 unspecified atom stereocenters. The number of rotatable bonds is 8. The normalized spacial score (nSPS) is 22.2. The molecule has 0 aliphatic carbocycles. The molecule has 9 heteroatoms. The third-order valence-electron chi connectivity index (χ3n) is 6.42. The van der Waals surface area contributed by atoms with Crippen molar-refractivity contribution in [2.75, 3.05) is 42.1 Å². The van der Waals surface area contributed by atoms with Gasteiger partial charge in [-0.05, 0) is 6.42 Å². The molecule has 0 radical (unpaired) electrons. The maximum atomic E-state index is 12.9. The number of halogens is 2. The molecule has 3 aliphatic rings. The molecule has 1 atom stereocenters. The topological polar surface area (TPSA) is 73.0 Å². The number of carbonyl (C=O) groups is 3. The van der Waals surface area contributed by atoms with Gasteiger partial charge < -0.3 is 4.90 Å². The van der Waals surface area contributed by atoms with Gasteiger partial charge in [-0.15, -0.1) is 0 Å². The molecule has 2 fully saturated rings. The zero-order valence-corrected chi connectivity index (χ0v) is 21.9. The quantitative estimate of drug-likeness (QED) is 0.172. The smallest absolute Gasteiger partial charge is 0.295 e. The van der Waals surface area contributed by atoms with Crippen LogP contribution >= 0.6 is 18.6 Å². The molecule has 1 aromatic rings. The van der Waals surface area contributed by atoms with E-state index in [1.165, 1.54) is 30.2 Å². The Kier molecular flexibility index (Phi) is 8.07. The number of imide groups is 1. The van der Waals surface area contributed by atoms with E-state index in [-0.39, 0.29) is 24.1 Å². The summed E-state index contributed by atoms with van der Waals surface area (Å²) in [6, 6.07) is 5.50. The van der Waals surface area contributed by atoms with Crippen LogP contribution < -0.4 is 27.4 Å². The fourth-order valence-corrected chi connectivity index (χ4v) is 7.41. The van der Waals surface area contributed by atoms with Gasteiger partial charge in [0.1, 0.15) is 6.04 Å². The predicted octanol–water partition coefficient (Wildman–Crippen LogP) is -0.821. The van der Waals surface area contributed by atoms with Crippen LogP contribution in [0.25, 0.3) is 0 Å². The van der Waals surface area contributed by atoms with E-state index in [0.717, 1.165) is 37.4 Å². The van der Waals surface area contributed by atoms with Gasteiger partial charge in [0, 0.05) is 18.5 Å². The number of alkyl halides is 1. The minimum Gasteiger partial charge on any atom is -0.295 e. The van der Waals surface area contributed by atoms with E-state index in [0.29, 0.717) is 35.8 Å². The van der Waals surface area contributed by atoms with Crippen molar-refractivity contribution in [2.24, 2.45) is 0 Å². The van der Waals surface area contributed by atoms with Crippen LogP contribution in [-0.4, -0.2) is 70.7 Å². The summed E-state index contributed by atoms with van der Waals surface area (Å²) in [7, 11) is 0. The van der Waals surface area contributed by atoms with E-state index in [1.807, 2.05) is 12.1 Å². The number of benzene rings is 1. The number of amides is 3. The third-order valence-corrected chi connectivity index (χ3v) is 10.3. The summed E-state index contributed by atoms with van der Waals surface area (Å²) in [5.74, 6) is -0.718. The molecule has 1 aromatic carbocycles. The summed E-state index contributed by atoms with van der Waals surface area (Å²) < 4.78 is 1.44. The van der Waals surface area contributed by atoms with Crippen LogP contribution in [0.3, 0.4) is 0 Å². The zero-order valence-electron chi connectivity index (χ0n) is 17.6. The summed E-state index contributed by atoms with van der Waals surface area (Å²) >= 11 is 2.98. The summed E-state index contributed by atoms with van der Waals surface area (Å²) in [4.78, 5) is 43.1. The van der Waals surface area contributed by atoms with Crippen molar-refractivity contribution in [3.8, 4) is 0 Å². The fraction of sp³-hybridized carbons (Fsp3) is 0.591. The van der Waals surface area contributed by atoms with Gasteiger partial charge in [0.05, 0.1) is 0 Å². The Morgan fingerprint density at radius 1 is 1.06 bits per heavy atom. The average Bonchev–Trinajstić information content (AvgIpc) is 3.09. The Hall–Kier alpha value is -0.950. The SMILES string of the molecule is O=C1CCC(N2Cc3cc(N4CCN(CCCCC[I-]I)CC4)ccc3C2=O)C(=O)N1. The molecule has 1 N–H and O–H groups in total. The molecular formula is C22H29I2N4O3-. The average molecular weight is 651 g/mol. The van der Waals surface area contributed by atoms with Crippen molar-refractivity contribution in [2.45, 2.75) is 44.7 Å². The van der Waals surface area contributed by atoms with Crippen LogP contribution in [0.4, 0.5) is 5.69 Å². The Balaban J connectivity index is 1.32. The standard InChI is InChI=1S/C22H29I2N4O3/c23-24-8-2-1-3-9-26-10-12-27(13-11-26)17-4-5-18-16(14-17)15-28(22(18)31)19-6-7-20(29)25-21(19)30/h4-5,14,19H,1-3,6-13,15H2,(H,25,29,30)/q-1. The Morgan fingerprint density at radius 2 is 1.87 bits per heavy atom. The molecule has 0 saturated carbocycles. The van der Waals surface area contributed by atoms with Crippen molar-refractivity contribution in [3.05, 3.63) is 29.3 Å². The molecule has 2 saturated heterocycles. The van der Waals surface area contributed by atoms with Crippen LogP contribution in [0.1, 0.15) is 48.0 Å². The van der Waals surface area contributed by atoms with Gasteiger partial charge in [0.15, 0.2) is 0 Å². The number of fused-ring (bicyclic) bond motifs is 1. The minimum atomic E-state index is -0.552. The molecule has 0 aromatic heterocycles. The number of nitrogens with one attached hydrogen (secondary N) is 1. The molecule has 31 heavy (non-hydrogen) atoms. The maximum absolute atomic E-state index is 12.9. The number of piperazine rings is 1. The van der Waals surface area contributed by atoms with Gasteiger partial charge in [-0.25, -0.2) is 0 Å². The second kappa shape index (κ2) is 10.8. The molecule has 4 rings (SSSR count). The number of anilines is 1. The summed E-state index contributed by atoms with van der Waals surface area (Å²) in [5, 5.41) is 2.36. The van der Waals surface area contributed by atoms with Gasteiger partial charge in [-0.3, -0.25) is 19.7 Å². The number of hydrogen-bond donors (Lipinski definition) is 1. The molecule has 170 valence electrons. The molecule has 7 nitrogen and oxygen atoms in total. The van der Waals surface area contributed by atoms with E-state index in [1.54, 1.807) is 4.90 Å². The first-order valence-electron chi connectivity index (χ1n) is 11.0. The minimum absolute atomic E-state index is 0.106. The molecule has 3 aliphatic heterocycles. The number of unbranched alkanes of at least 4 members (excludes halogenated alkanes) is 2. The molecule has 0 bridgehead atoms. The van der Waals surface area contributed by atoms with Crippen molar-refractivity contribution < 1.29 is 31.6 Å². The number of hydrogen-bond acceptors (Lipinski definition) is 5. The first kappa shape index (κ1) is 23.2. The second-order valence-electron chi connectivity index (χ2n) is 8.42. The number of carbonyl (C=O) groups excluding carboxylic acids is 3. The van der Waals surface area contributed by atoms with Gasteiger partial charge in [-0.1, -0.05) is 0 Å². The monoisotopic (exact) mass is 651 g/mol. The molecule has 0 spiro atoms. The first-order chi connectivity index (χ1) is 15.1. The van der Waals surface area contributed by atoms with Gasteiger partial charge in [-0.2, -0.15) is 0 Å². The Labute approximate surface area is 203 Å². The van der Waals surface area contributed by atoms with E-state index in [4.69, 9.17) is 0 Å². The van der Waals surface area contributed by atoms with Crippen LogP contribution in [0, 0.1) is 0 Å². The molecule has 3 heterocycles. The van der Waals surface area contributed by atoms with E-state index in [9.17, 15) is 14.4 Å². The van der Waals surface area contributed by atoms with Crippen molar-refractivity contribution >= 4 is 42.0 Å². The van der Waals surface area contributed by atoms with Gasteiger partial charge >= 0.3 is 132 Å².